The van der Waals surface area contributed by atoms with Crippen molar-refractivity contribution in [3.63, 3.8) is 0 Å². The molecular formula is C11H22N2O2. The Morgan fingerprint density at radius 3 is 2.87 bits per heavy atom. The zero-order valence-electron chi connectivity index (χ0n) is 9.95. The lowest BCUT2D eigenvalue weighted by Gasteiger charge is -2.16. The van der Waals surface area contributed by atoms with Crippen LogP contribution in [0.25, 0.3) is 0 Å². The van der Waals surface area contributed by atoms with Gasteiger partial charge in [0.25, 0.3) is 0 Å². The first-order valence-electron chi connectivity index (χ1n) is 5.76. The number of hydrogen-bond donors (Lipinski definition) is 1. The molecule has 1 saturated heterocycles. The average Bonchev–Trinajstić information content (AvgIpc) is 2.55. The molecule has 0 spiro atoms. The molecule has 0 saturated carbocycles. The highest BCUT2D eigenvalue weighted by Crippen LogP contribution is 2.11. The van der Waals surface area contributed by atoms with Gasteiger partial charge in [0.05, 0.1) is 12.7 Å². The van der Waals surface area contributed by atoms with Crippen LogP contribution < -0.4 is 5.32 Å². The summed E-state index contributed by atoms with van der Waals surface area (Å²) in [5.74, 6) is 0.607. The molecule has 1 amide bonds. The van der Waals surface area contributed by atoms with Crippen molar-refractivity contribution in [3.05, 3.63) is 0 Å². The molecule has 0 aromatic carbocycles. The lowest BCUT2D eigenvalue weighted by atomic mass is 10.1. The number of carbonyl (C=O) groups excluding carboxylic acids is 1. The number of hydrogen-bond acceptors (Lipinski definition) is 3. The predicted octanol–water partition coefficient (Wildman–Crippen LogP) is 0.827. The molecule has 0 radical (unpaired) electrons. The number of ether oxygens (including phenoxy) is 1. The minimum Gasteiger partial charge on any atom is -0.382 e. The fourth-order valence-corrected chi connectivity index (χ4v) is 1.78. The molecule has 0 bridgehead atoms. The Balaban J connectivity index is 2.24. The molecule has 1 fully saturated rings. The maximum atomic E-state index is 11.8. The highest BCUT2D eigenvalue weighted by atomic mass is 16.5. The maximum Gasteiger partial charge on any atom is 0.241 e. The fourth-order valence-electron chi connectivity index (χ4n) is 1.78. The summed E-state index contributed by atoms with van der Waals surface area (Å²) in [7, 11) is 0. The van der Waals surface area contributed by atoms with E-state index in [2.05, 4.69) is 19.2 Å². The molecule has 4 heteroatoms. The first-order valence-corrected chi connectivity index (χ1v) is 5.76. The Labute approximate surface area is 92.0 Å². The zero-order valence-corrected chi connectivity index (χ0v) is 9.95. The van der Waals surface area contributed by atoms with E-state index in [9.17, 15) is 4.79 Å². The van der Waals surface area contributed by atoms with Gasteiger partial charge in [-0.1, -0.05) is 13.8 Å². The third-order valence-electron chi connectivity index (χ3n) is 2.67. The summed E-state index contributed by atoms with van der Waals surface area (Å²) in [6, 6.07) is 0.0112. The molecule has 1 atom stereocenters. The monoisotopic (exact) mass is 214 g/mol. The normalized spacial score (nSPS) is 21.7. The highest BCUT2D eigenvalue weighted by molar-refractivity contribution is 5.83. The molecule has 1 rings (SSSR count). The van der Waals surface area contributed by atoms with Gasteiger partial charge < -0.3 is 9.64 Å². The Hall–Kier alpha value is -0.610. The van der Waals surface area contributed by atoms with Crippen molar-refractivity contribution in [1.29, 1.82) is 0 Å². The van der Waals surface area contributed by atoms with Gasteiger partial charge in [-0.15, -0.1) is 0 Å². The van der Waals surface area contributed by atoms with E-state index in [0.717, 1.165) is 26.2 Å². The van der Waals surface area contributed by atoms with Crippen LogP contribution in [0.4, 0.5) is 0 Å². The van der Waals surface area contributed by atoms with Gasteiger partial charge in [-0.05, 0) is 19.3 Å². The first-order chi connectivity index (χ1) is 7.16. The van der Waals surface area contributed by atoms with Crippen LogP contribution >= 0.6 is 0 Å². The standard InChI is InChI=1S/C11H22N2O2/c1-4-15-7-5-6-13-8-12-10(9(2)3)11(13)14/h9-10,12H,4-8H2,1-3H3. The second-order valence-electron chi connectivity index (χ2n) is 4.24. The summed E-state index contributed by atoms with van der Waals surface area (Å²) in [6.45, 7) is 9.10. The molecule has 1 heterocycles. The largest absolute Gasteiger partial charge is 0.382 e. The summed E-state index contributed by atoms with van der Waals surface area (Å²) in [4.78, 5) is 13.7. The molecule has 0 aromatic heterocycles. The molecule has 1 aliphatic rings. The molecule has 1 aliphatic heterocycles. The van der Waals surface area contributed by atoms with E-state index >= 15 is 0 Å². The van der Waals surface area contributed by atoms with Gasteiger partial charge in [-0.25, -0.2) is 0 Å². The van der Waals surface area contributed by atoms with Crippen molar-refractivity contribution in [3.8, 4) is 0 Å². The molecular weight excluding hydrogens is 192 g/mol. The van der Waals surface area contributed by atoms with Gasteiger partial charge in [0, 0.05) is 19.8 Å². The molecule has 0 aliphatic carbocycles. The summed E-state index contributed by atoms with van der Waals surface area (Å²) in [5, 5.41) is 3.23. The van der Waals surface area contributed by atoms with Crippen LogP contribution in [0.15, 0.2) is 0 Å². The van der Waals surface area contributed by atoms with Crippen LogP contribution in [-0.2, 0) is 9.53 Å². The quantitative estimate of drug-likeness (QED) is 0.666. The second-order valence-corrected chi connectivity index (χ2v) is 4.24. The van der Waals surface area contributed by atoms with E-state index in [1.807, 2.05) is 11.8 Å². The van der Waals surface area contributed by atoms with Crippen molar-refractivity contribution in [2.75, 3.05) is 26.4 Å². The van der Waals surface area contributed by atoms with E-state index in [-0.39, 0.29) is 11.9 Å². The van der Waals surface area contributed by atoms with Crippen molar-refractivity contribution >= 4 is 5.91 Å². The van der Waals surface area contributed by atoms with E-state index in [0.29, 0.717) is 12.6 Å². The van der Waals surface area contributed by atoms with Gasteiger partial charge in [0.2, 0.25) is 5.91 Å². The van der Waals surface area contributed by atoms with Gasteiger partial charge in [-0.2, -0.15) is 0 Å². The van der Waals surface area contributed by atoms with Crippen molar-refractivity contribution in [2.24, 2.45) is 5.92 Å². The van der Waals surface area contributed by atoms with Crippen LogP contribution in [-0.4, -0.2) is 43.3 Å². The minimum atomic E-state index is 0.0112. The Morgan fingerprint density at radius 2 is 2.33 bits per heavy atom. The van der Waals surface area contributed by atoms with Crippen LogP contribution in [0.2, 0.25) is 0 Å². The molecule has 15 heavy (non-hydrogen) atoms. The van der Waals surface area contributed by atoms with E-state index in [1.165, 1.54) is 0 Å². The Bertz CT molecular complexity index is 207. The van der Waals surface area contributed by atoms with Crippen LogP contribution in [0, 0.1) is 5.92 Å². The number of amides is 1. The second kappa shape index (κ2) is 6.08. The predicted molar refractivity (Wildman–Crippen MR) is 59.5 cm³/mol. The third kappa shape index (κ3) is 3.47. The molecule has 1 N–H and O–H groups in total. The molecule has 88 valence electrons. The average molecular weight is 214 g/mol. The van der Waals surface area contributed by atoms with Crippen molar-refractivity contribution < 1.29 is 9.53 Å². The van der Waals surface area contributed by atoms with Crippen molar-refractivity contribution in [1.82, 2.24) is 10.2 Å². The van der Waals surface area contributed by atoms with E-state index in [4.69, 9.17) is 4.74 Å². The number of rotatable bonds is 6. The topological polar surface area (TPSA) is 41.6 Å². The smallest absolute Gasteiger partial charge is 0.241 e. The number of nitrogens with one attached hydrogen (secondary N) is 1. The highest BCUT2D eigenvalue weighted by Gasteiger charge is 2.32. The van der Waals surface area contributed by atoms with Gasteiger partial charge in [0.15, 0.2) is 0 Å². The van der Waals surface area contributed by atoms with Gasteiger partial charge in [0.1, 0.15) is 0 Å². The molecule has 1 unspecified atom stereocenters. The summed E-state index contributed by atoms with van der Waals surface area (Å²) >= 11 is 0. The zero-order chi connectivity index (χ0) is 11.3. The SMILES string of the molecule is CCOCCCN1CNC(C(C)C)C1=O. The van der Waals surface area contributed by atoms with E-state index < -0.39 is 0 Å². The first kappa shape index (κ1) is 12.5. The van der Waals surface area contributed by atoms with Crippen LogP contribution in [0.5, 0.6) is 0 Å². The minimum absolute atomic E-state index is 0.0112. The maximum absolute atomic E-state index is 11.8. The third-order valence-corrected chi connectivity index (χ3v) is 2.67. The van der Waals surface area contributed by atoms with E-state index in [1.54, 1.807) is 0 Å². The Kier molecular flexibility index (Phi) is 5.05. The van der Waals surface area contributed by atoms with Crippen LogP contribution in [0.1, 0.15) is 27.2 Å². The number of carbonyl (C=O) groups is 1. The van der Waals surface area contributed by atoms with Crippen molar-refractivity contribution in [2.45, 2.75) is 33.2 Å². The lowest BCUT2D eigenvalue weighted by molar-refractivity contribution is -0.129. The summed E-state index contributed by atoms with van der Waals surface area (Å²) in [6.07, 6.45) is 0.923. The fraction of sp³-hybridized carbons (Fsp3) is 0.909. The molecule has 0 aromatic rings. The Morgan fingerprint density at radius 1 is 1.60 bits per heavy atom. The lowest BCUT2D eigenvalue weighted by Crippen LogP contribution is -2.35. The summed E-state index contributed by atoms with van der Waals surface area (Å²) < 4.78 is 5.24. The molecule has 4 nitrogen and oxygen atoms in total. The van der Waals surface area contributed by atoms with Gasteiger partial charge >= 0.3 is 0 Å². The number of nitrogens with zero attached hydrogens (tertiary/aromatic N) is 1. The van der Waals surface area contributed by atoms with Crippen LogP contribution in [0.3, 0.4) is 0 Å². The summed E-state index contributed by atoms with van der Waals surface area (Å²) in [5.41, 5.74) is 0. The van der Waals surface area contributed by atoms with Gasteiger partial charge in [-0.3, -0.25) is 10.1 Å².